The minimum absolute atomic E-state index is 0.0382. The Labute approximate surface area is 228 Å². The lowest BCUT2D eigenvalue weighted by Crippen LogP contribution is -2.53. The van der Waals surface area contributed by atoms with Crippen molar-refractivity contribution in [3.63, 3.8) is 0 Å². The number of thioether (sulfide) groups is 1. The average molecular weight is 557 g/mol. The molecular formula is C28H17FN4O4S2. The standard InChI is InChI=1S/C28H17FN4O4S2/c1-32-19-12-6-4-10-17(19)28(25(32)36)21-22(34)16-9-3-7-13-20(16)37-23(21)24(35)33(28)26-30-31-27(39-26)38-14-15-8-2-5-11-18(15)29/h2-13H,14H2,1H3. The highest BCUT2D eigenvalue weighted by Crippen LogP contribution is 2.54. The van der Waals surface area contributed by atoms with Crippen molar-refractivity contribution < 1.29 is 18.4 Å². The van der Waals surface area contributed by atoms with Crippen molar-refractivity contribution in [1.29, 1.82) is 0 Å². The number of benzene rings is 3. The number of hydrogen-bond donors (Lipinski definition) is 0. The van der Waals surface area contributed by atoms with E-state index in [9.17, 15) is 18.8 Å². The molecule has 192 valence electrons. The smallest absolute Gasteiger partial charge is 0.297 e. The van der Waals surface area contributed by atoms with Gasteiger partial charge in [0.15, 0.2) is 15.3 Å². The van der Waals surface area contributed by atoms with E-state index in [1.807, 2.05) is 0 Å². The minimum atomic E-state index is -1.81. The third kappa shape index (κ3) is 3.20. The zero-order chi connectivity index (χ0) is 26.9. The quantitative estimate of drug-likeness (QED) is 0.228. The van der Waals surface area contributed by atoms with Crippen LogP contribution in [0.3, 0.4) is 0 Å². The number of fused-ring (bicyclic) bond motifs is 5. The molecule has 5 aromatic rings. The molecule has 0 fully saturated rings. The molecule has 0 aliphatic carbocycles. The van der Waals surface area contributed by atoms with E-state index >= 15 is 0 Å². The van der Waals surface area contributed by atoms with Gasteiger partial charge in [-0.3, -0.25) is 19.3 Å². The van der Waals surface area contributed by atoms with Gasteiger partial charge in [-0.1, -0.05) is 71.6 Å². The molecule has 1 atom stereocenters. The molecule has 7 rings (SSSR count). The van der Waals surface area contributed by atoms with Crippen LogP contribution in [0, 0.1) is 5.82 Å². The highest BCUT2D eigenvalue weighted by Gasteiger charge is 2.66. The van der Waals surface area contributed by atoms with Crippen molar-refractivity contribution >= 4 is 56.7 Å². The lowest BCUT2D eigenvalue weighted by molar-refractivity contribution is -0.121. The van der Waals surface area contributed by atoms with Gasteiger partial charge < -0.3 is 9.32 Å². The number of carbonyl (C=O) groups is 2. The molecule has 3 aromatic carbocycles. The predicted octanol–water partition coefficient (Wildman–Crippen LogP) is 4.96. The molecule has 2 amide bonds. The van der Waals surface area contributed by atoms with Gasteiger partial charge in [0, 0.05) is 24.1 Å². The summed E-state index contributed by atoms with van der Waals surface area (Å²) in [5.74, 6) is -1.36. The van der Waals surface area contributed by atoms with Gasteiger partial charge in [-0.05, 0) is 29.8 Å². The van der Waals surface area contributed by atoms with Gasteiger partial charge >= 0.3 is 0 Å². The molecule has 1 unspecified atom stereocenters. The molecule has 0 bridgehead atoms. The zero-order valence-electron chi connectivity index (χ0n) is 20.3. The largest absolute Gasteiger partial charge is 0.450 e. The summed E-state index contributed by atoms with van der Waals surface area (Å²) < 4.78 is 20.6. The molecule has 0 radical (unpaired) electrons. The van der Waals surface area contributed by atoms with Crippen LogP contribution in [-0.4, -0.2) is 29.1 Å². The summed E-state index contributed by atoms with van der Waals surface area (Å²) in [4.78, 5) is 44.9. The van der Waals surface area contributed by atoms with Crippen LogP contribution in [0.5, 0.6) is 0 Å². The topological polar surface area (TPSA) is 96.6 Å². The molecule has 0 saturated heterocycles. The van der Waals surface area contributed by atoms with Crippen LogP contribution in [0.2, 0.25) is 0 Å². The normalized spacial score (nSPS) is 17.9. The Bertz CT molecular complexity index is 1900. The molecule has 11 heteroatoms. The Morgan fingerprint density at radius 3 is 2.56 bits per heavy atom. The van der Waals surface area contributed by atoms with Crippen molar-refractivity contribution in [2.75, 3.05) is 16.8 Å². The van der Waals surface area contributed by atoms with Gasteiger partial charge in [0.1, 0.15) is 11.4 Å². The Morgan fingerprint density at radius 2 is 1.72 bits per heavy atom. The fraction of sp³-hybridized carbons (Fsp3) is 0.107. The number of hydrogen-bond acceptors (Lipinski definition) is 8. The first-order valence-corrected chi connectivity index (χ1v) is 13.7. The average Bonchev–Trinajstić information content (AvgIpc) is 3.58. The van der Waals surface area contributed by atoms with Crippen molar-refractivity contribution in [2.45, 2.75) is 15.6 Å². The number of anilines is 2. The fourth-order valence-electron chi connectivity index (χ4n) is 5.32. The van der Waals surface area contributed by atoms with Crippen LogP contribution in [0.1, 0.15) is 27.2 Å². The summed E-state index contributed by atoms with van der Waals surface area (Å²) >= 11 is 2.35. The molecule has 39 heavy (non-hydrogen) atoms. The molecule has 8 nitrogen and oxygen atoms in total. The summed E-state index contributed by atoms with van der Waals surface area (Å²) in [6.07, 6.45) is 0. The highest BCUT2D eigenvalue weighted by atomic mass is 32.2. The molecule has 4 heterocycles. The van der Waals surface area contributed by atoms with Gasteiger partial charge in [-0.15, -0.1) is 10.2 Å². The Kier molecular flexibility index (Phi) is 5.23. The van der Waals surface area contributed by atoms with E-state index < -0.39 is 22.8 Å². The van der Waals surface area contributed by atoms with Crippen LogP contribution in [0.15, 0.2) is 86.3 Å². The van der Waals surface area contributed by atoms with Gasteiger partial charge in [-0.25, -0.2) is 4.39 Å². The van der Waals surface area contributed by atoms with E-state index in [0.717, 1.165) is 11.3 Å². The first-order valence-electron chi connectivity index (χ1n) is 11.9. The zero-order valence-corrected chi connectivity index (χ0v) is 21.9. The van der Waals surface area contributed by atoms with Crippen LogP contribution < -0.4 is 15.2 Å². The maximum Gasteiger partial charge on any atom is 0.297 e. The maximum absolute atomic E-state index is 14.2. The predicted molar refractivity (Wildman–Crippen MR) is 146 cm³/mol. The van der Waals surface area contributed by atoms with Crippen LogP contribution in [0.25, 0.3) is 11.0 Å². The molecule has 2 aliphatic rings. The summed E-state index contributed by atoms with van der Waals surface area (Å²) in [5, 5.41) is 8.87. The van der Waals surface area contributed by atoms with Crippen LogP contribution in [0.4, 0.5) is 15.2 Å². The summed E-state index contributed by atoms with van der Waals surface area (Å²) in [6.45, 7) is 0. The third-order valence-corrected chi connectivity index (χ3v) is 9.15. The number of nitrogens with zero attached hydrogens (tertiary/aromatic N) is 4. The number of likely N-dealkylation sites (N-methyl/N-ethyl adjacent to an activating group) is 1. The molecule has 0 N–H and O–H groups in total. The van der Waals surface area contributed by atoms with Crippen molar-refractivity contribution in [1.82, 2.24) is 10.2 Å². The van der Waals surface area contributed by atoms with Gasteiger partial charge in [0.25, 0.3) is 11.8 Å². The number of rotatable bonds is 4. The van der Waals surface area contributed by atoms with E-state index in [0.29, 0.717) is 26.9 Å². The maximum atomic E-state index is 14.2. The number of aromatic nitrogens is 2. The summed E-state index contributed by atoms with van der Waals surface area (Å²) in [7, 11) is 1.61. The van der Waals surface area contributed by atoms with Gasteiger partial charge in [-0.2, -0.15) is 0 Å². The lowest BCUT2D eigenvalue weighted by Gasteiger charge is -2.31. The molecule has 2 aliphatic heterocycles. The molecule has 1 spiro atoms. The number of amides is 2. The van der Waals surface area contributed by atoms with Gasteiger partial charge in [0.05, 0.1) is 10.9 Å². The van der Waals surface area contributed by atoms with Crippen LogP contribution >= 0.6 is 23.1 Å². The van der Waals surface area contributed by atoms with Gasteiger partial charge in [0.2, 0.25) is 10.9 Å². The van der Waals surface area contributed by atoms with Crippen LogP contribution in [-0.2, 0) is 16.1 Å². The van der Waals surface area contributed by atoms with E-state index in [4.69, 9.17) is 4.42 Å². The number of carbonyl (C=O) groups excluding carboxylic acids is 2. The van der Waals surface area contributed by atoms with E-state index in [-0.39, 0.29) is 33.2 Å². The number of halogens is 1. The van der Waals surface area contributed by atoms with E-state index in [1.165, 1.54) is 27.6 Å². The lowest BCUT2D eigenvalue weighted by atomic mass is 9.84. The Hall–Kier alpha value is -4.35. The monoisotopic (exact) mass is 556 g/mol. The summed E-state index contributed by atoms with van der Waals surface area (Å²) in [6, 6.07) is 20.1. The first-order chi connectivity index (χ1) is 18.9. The highest BCUT2D eigenvalue weighted by molar-refractivity contribution is 8.00. The minimum Gasteiger partial charge on any atom is -0.450 e. The Morgan fingerprint density at radius 1 is 0.974 bits per heavy atom. The SMILES string of the molecule is CN1C(=O)C2(c3ccccc31)c1c(oc3ccccc3c1=O)C(=O)N2c1nnc(SCc2ccccc2F)s1. The second kappa shape index (κ2) is 8.58. The second-order valence-corrected chi connectivity index (χ2v) is 11.3. The number of para-hydroxylation sites is 2. The Balaban J connectivity index is 1.42. The second-order valence-electron chi connectivity index (χ2n) is 9.09. The fourth-order valence-corrected chi connectivity index (χ4v) is 7.20. The van der Waals surface area contributed by atoms with Crippen molar-refractivity contribution in [2.24, 2.45) is 0 Å². The van der Waals surface area contributed by atoms with E-state index in [1.54, 1.807) is 73.8 Å². The first kappa shape index (κ1) is 23.7. The molecule has 0 saturated carbocycles. The molecular weight excluding hydrogens is 539 g/mol. The van der Waals surface area contributed by atoms with Crippen molar-refractivity contribution in [3.8, 4) is 0 Å². The molecule has 2 aromatic heterocycles. The van der Waals surface area contributed by atoms with Crippen molar-refractivity contribution in [3.05, 3.63) is 111 Å². The third-order valence-electron chi connectivity index (χ3n) is 7.06. The van der Waals surface area contributed by atoms with E-state index in [2.05, 4.69) is 10.2 Å². The summed E-state index contributed by atoms with van der Waals surface area (Å²) in [5.41, 5.74) is -0.513.